The molecular weight excluding hydrogens is 339 g/mol. The number of hydrogen-bond acceptors (Lipinski definition) is 3. The quantitative estimate of drug-likeness (QED) is 0.613. The van der Waals surface area contributed by atoms with E-state index in [1.165, 1.54) is 6.07 Å². The maximum Gasteiger partial charge on any atom is 0.199 e. The number of hydrogen-bond donors (Lipinski definition) is 0. The molecule has 4 rings (SSSR count). The van der Waals surface area contributed by atoms with Crippen molar-refractivity contribution in [2.75, 3.05) is 13.1 Å². The van der Waals surface area contributed by atoms with Gasteiger partial charge in [0.25, 0.3) is 0 Å². The smallest absolute Gasteiger partial charge is 0.199 e. The monoisotopic (exact) mass is 358 g/mol. The summed E-state index contributed by atoms with van der Waals surface area (Å²) in [4.78, 5) is 7.06. The Morgan fingerprint density at radius 1 is 1.28 bits per heavy atom. The molecule has 1 saturated heterocycles. The molecule has 3 nitrogen and oxygen atoms in total. The van der Waals surface area contributed by atoms with Crippen LogP contribution in [0.1, 0.15) is 43.2 Å². The summed E-state index contributed by atoms with van der Waals surface area (Å²) in [6.45, 7) is 4.02. The van der Waals surface area contributed by atoms with Crippen LogP contribution >= 0.6 is 11.6 Å². The van der Waals surface area contributed by atoms with Crippen molar-refractivity contribution in [1.82, 2.24) is 9.88 Å². The highest BCUT2D eigenvalue weighted by molar-refractivity contribution is 6.30. The van der Waals surface area contributed by atoms with Gasteiger partial charge in [-0.2, -0.15) is 0 Å². The van der Waals surface area contributed by atoms with E-state index in [4.69, 9.17) is 16.0 Å². The van der Waals surface area contributed by atoms with E-state index in [0.717, 1.165) is 48.5 Å². The molecule has 0 N–H and O–H groups in total. The summed E-state index contributed by atoms with van der Waals surface area (Å²) in [7, 11) is 0. The Morgan fingerprint density at radius 2 is 2.12 bits per heavy atom. The number of fused-ring (bicyclic) bond motifs is 1. The summed E-state index contributed by atoms with van der Waals surface area (Å²) in [6, 6.07) is 13.0. The lowest BCUT2D eigenvalue weighted by Crippen LogP contribution is -2.36. The Labute approximate surface area is 151 Å². The summed E-state index contributed by atoms with van der Waals surface area (Å²) in [5, 5.41) is 0.178. The molecule has 0 radical (unpaired) electrons. The molecule has 1 aliphatic rings. The minimum atomic E-state index is -0.374. The Hall–Kier alpha value is -1.91. The summed E-state index contributed by atoms with van der Waals surface area (Å²) < 4.78 is 19.4. The van der Waals surface area contributed by atoms with E-state index in [1.807, 2.05) is 30.3 Å². The second-order valence-electron chi connectivity index (χ2n) is 6.70. The number of rotatable bonds is 3. The third kappa shape index (κ3) is 3.29. The molecule has 130 valence electrons. The van der Waals surface area contributed by atoms with E-state index in [-0.39, 0.29) is 22.8 Å². The van der Waals surface area contributed by atoms with Crippen LogP contribution in [0.2, 0.25) is 5.02 Å². The van der Waals surface area contributed by atoms with Gasteiger partial charge in [-0.3, -0.25) is 4.90 Å². The van der Waals surface area contributed by atoms with Crippen LogP contribution in [0.15, 0.2) is 46.9 Å². The molecule has 2 aromatic carbocycles. The van der Waals surface area contributed by atoms with Crippen LogP contribution in [-0.2, 0) is 0 Å². The van der Waals surface area contributed by atoms with Gasteiger partial charge >= 0.3 is 0 Å². The maximum atomic E-state index is 13.4. The number of para-hydroxylation sites is 2. The van der Waals surface area contributed by atoms with Crippen molar-refractivity contribution in [2.45, 2.75) is 31.7 Å². The minimum Gasteiger partial charge on any atom is -0.440 e. The van der Waals surface area contributed by atoms with Gasteiger partial charge in [0.15, 0.2) is 11.5 Å². The lowest BCUT2D eigenvalue weighted by molar-refractivity contribution is 0.149. The number of piperidine rings is 1. The fourth-order valence-electron chi connectivity index (χ4n) is 3.61. The van der Waals surface area contributed by atoms with E-state index in [2.05, 4.69) is 16.8 Å². The Kier molecular flexibility index (Phi) is 4.48. The Morgan fingerprint density at radius 3 is 2.92 bits per heavy atom. The van der Waals surface area contributed by atoms with Gasteiger partial charge in [0.2, 0.25) is 0 Å². The van der Waals surface area contributed by atoms with Gasteiger partial charge in [0.1, 0.15) is 11.3 Å². The molecule has 0 saturated carbocycles. The molecule has 2 atom stereocenters. The van der Waals surface area contributed by atoms with Crippen molar-refractivity contribution in [3.8, 4) is 0 Å². The summed E-state index contributed by atoms with van der Waals surface area (Å²) in [5.74, 6) is 0.718. The number of aromatic nitrogens is 1. The standard InChI is InChI=1S/C20H20ClFN2O/c1-13(14-8-9-17(22)16(21)11-14)24-10-4-5-15(12-24)20-23-18-6-2-3-7-19(18)25-20/h2-3,6-9,11,13,15H,4-5,10,12H2,1H3. The Bertz CT molecular complexity index is 861. The van der Waals surface area contributed by atoms with Gasteiger partial charge in [0.05, 0.1) is 5.02 Å². The number of likely N-dealkylation sites (tertiary alicyclic amines) is 1. The fourth-order valence-corrected chi connectivity index (χ4v) is 3.80. The van der Waals surface area contributed by atoms with Crippen molar-refractivity contribution in [1.29, 1.82) is 0 Å². The summed E-state index contributed by atoms with van der Waals surface area (Å²) in [5.41, 5.74) is 2.78. The first kappa shape index (κ1) is 16.6. The zero-order valence-electron chi connectivity index (χ0n) is 14.1. The van der Waals surface area contributed by atoms with Crippen LogP contribution in [0.4, 0.5) is 4.39 Å². The van der Waals surface area contributed by atoms with Crippen LogP contribution in [0, 0.1) is 5.82 Å². The first-order chi connectivity index (χ1) is 12.1. The van der Waals surface area contributed by atoms with Crippen LogP contribution < -0.4 is 0 Å². The van der Waals surface area contributed by atoms with Gasteiger partial charge in [-0.1, -0.05) is 29.8 Å². The highest BCUT2D eigenvalue weighted by Crippen LogP contribution is 2.33. The predicted octanol–water partition coefficient (Wildman–Crippen LogP) is 5.56. The van der Waals surface area contributed by atoms with E-state index in [1.54, 1.807) is 6.07 Å². The third-order valence-electron chi connectivity index (χ3n) is 5.09. The summed E-state index contributed by atoms with van der Waals surface area (Å²) >= 11 is 5.95. The second kappa shape index (κ2) is 6.77. The molecule has 1 fully saturated rings. The second-order valence-corrected chi connectivity index (χ2v) is 7.11. The van der Waals surface area contributed by atoms with Crippen LogP contribution in [-0.4, -0.2) is 23.0 Å². The van der Waals surface area contributed by atoms with Gasteiger partial charge in [-0.25, -0.2) is 9.37 Å². The maximum absolute atomic E-state index is 13.4. The normalized spacial score (nSPS) is 20.0. The van der Waals surface area contributed by atoms with E-state index in [0.29, 0.717) is 0 Å². The van der Waals surface area contributed by atoms with Crippen LogP contribution in [0.3, 0.4) is 0 Å². The molecule has 25 heavy (non-hydrogen) atoms. The van der Waals surface area contributed by atoms with E-state index < -0.39 is 0 Å². The SMILES string of the molecule is CC(c1ccc(F)c(Cl)c1)N1CCCC(c2nc3ccccc3o2)C1. The zero-order chi connectivity index (χ0) is 17.4. The van der Waals surface area contributed by atoms with Crippen LogP contribution in [0.25, 0.3) is 11.1 Å². The molecule has 0 aliphatic carbocycles. The highest BCUT2D eigenvalue weighted by atomic mass is 35.5. The molecule has 1 aromatic heterocycles. The number of halogens is 2. The Balaban J connectivity index is 1.54. The number of nitrogens with zero attached hydrogens (tertiary/aromatic N) is 2. The number of benzene rings is 2. The van der Waals surface area contributed by atoms with Gasteiger partial charge in [-0.05, 0) is 56.1 Å². The molecule has 2 heterocycles. The predicted molar refractivity (Wildman–Crippen MR) is 97.4 cm³/mol. The first-order valence-electron chi connectivity index (χ1n) is 8.66. The summed E-state index contributed by atoms with van der Waals surface area (Å²) in [6.07, 6.45) is 2.16. The largest absolute Gasteiger partial charge is 0.440 e. The van der Waals surface area contributed by atoms with E-state index >= 15 is 0 Å². The lowest BCUT2D eigenvalue weighted by atomic mass is 9.95. The van der Waals surface area contributed by atoms with Crippen molar-refractivity contribution in [2.24, 2.45) is 0 Å². The third-order valence-corrected chi connectivity index (χ3v) is 5.38. The molecule has 0 spiro atoms. The van der Waals surface area contributed by atoms with Crippen molar-refractivity contribution in [3.63, 3.8) is 0 Å². The van der Waals surface area contributed by atoms with E-state index in [9.17, 15) is 4.39 Å². The lowest BCUT2D eigenvalue weighted by Gasteiger charge is -2.36. The van der Waals surface area contributed by atoms with Crippen molar-refractivity contribution >= 4 is 22.7 Å². The molecule has 0 bridgehead atoms. The minimum absolute atomic E-state index is 0.172. The zero-order valence-corrected chi connectivity index (χ0v) is 14.8. The van der Waals surface area contributed by atoms with Crippen LogP contribution in [0.5, 0.6) is 0 Å². The molecule has 3 aromatic rings. The first-order valence-corrected chi connectivity index (χ1v) is 9.04. The highest BCUT2D eigenvalue weighted by Gasteiger charge is 2.28. The van der Waals surface area contributed by atoms with Crippen molar-refractivity contribution in [3.05, 3.63) is 64.8 Å². The van der Waals surface area contributed by atoms with Gasteiger partial charge in [-0.15, -0.1) is 0 Å². The fraction of sp³-hybridized carbons (Fsp3) is 0.350. The number of oxazole rings is 1. The molecule has 5 heteroatoms. The van der Waals surface area contributed by atoms with Gasteiger partial charge < -0.3 is 4.42 Å². The molecule has 2 unspecified atom stereocenters. The molecular formula is C20H20ClFN2O. The average Bonchev–Trinajstić information content (AvgIpc) is 3.08. The van der Waals surface area contributed by atoms with Crippen molar-refractivity contribution < 1.29 is 8.81 Å². The molecule has 0 amide bonds. The van der Waals surface area contributed by atoms with Gasteiger partial charge in [0, 0.05) is 18.5 Å². The molecule has 1 aliphatic heterocycles. The topological polar surface area (TPSA) is 29.3 Å². The average molecular weight is 359 g/mol.